The van der Waals surface area contributed by atoms with Crippen molar-refractivity contribution in [1.82, 2.24) is 19.7 Å². The summed E-state index contributed by atoms with van der Waals surface area (Å²) in [5.74, 6) is 0.813. The number of aromatic amines is 2. The van der Waals surface area contributed by atoms with E-state index in [0.29, 0.717) is 4.77 Å². The van der Waals surface area contributed by atoms with Gasteiger partial charge >= 0.3 is 0 Å². The Hall–Kier alpha value is -2.66. The van der Waals surface area contributed by atoms with Crippen LogP contribution >= 0.6 is 12.2 Å². The van der Waals surface area contributed by atoms with Gasteiger partial charge in [0.15, 0.2) is 10.6 Å². The molecule has 4 rings (SSSR count). The van der Waals surface area contributed by atoms with Crippen molar-refractivity contribution in [2.75, 3.05) is 0 Å². The molecule has 0 aliphatic carbocycles. The highest BCUT2D eigenvalue weighted by Gasteiger charge is 2.14. The summed E-state index contributed by atoms with van der Waals surface area (Å²) in [5, 5.41) is 8.48. The highest BCUT2D eigenvalue weighted by molar-refractivity contribution is 7.71. The van der Waals surface area contributed by atoms with Gasteiger partial charge in [-0.05, 0) is 42.9 Å². The predicted molar refractivity (Wildman–Crippen MR) is 90.8 cm³/mol. The van der Waals surface area contributed by atoms with Crippen molar-refractivity contribution in [3.05, 3.63) is 65.1 Å². The molecule has 0 amide bonds. The lowest BCUT2D eigenvalue weighted by Crippen LogP contribution is -1.97. The van der Waals surface area contributed by atoms with Gasteiger partial charge in [-0.1, -0.05) is 30.3 Å². The Morgan fingerprint density at radius 1 is 1.09 bits per heavy atom. The largest absolute Gasteiger partial charge is 0.360 e. The number of benzene rings is 2. The van der Waals surface area contributed by atoms with E-state index in [0.717, 1.165) is 28.0 Å². The molecule has 4 nitrogen and oxygen atoms in total. The van der Waals surface area contributed by atoms with Crippen LogP contribution in [0, 0.1) is 11.7 Å². The fourth-order valence-corrected chi connectivity index (χ4v) is 2.98. The molecule has 2 N–H and O–H groups in total. The molecule has 0 atom stereocenters. The number of aromatic nitrogens is 4. The van der Waals surface area contributed by atoms with E-state index < -0.39 is 0 Å². The Morgan fingerprint density at radius 2 is 1.95 bits per heavy atom. The molecule has 0 aliphatic heterocycles. The smallest absolute Gasteiger partial charge is 0.200 e. The number of H-pyrrole nitrogens is 2. The van der Waals surface area contributed by atoms with E-state index in [1.54, 1.807) is 0 Å². The Labute approximate surface area is 132 Å². The summed E-state index contributed by atoms with van der Waals surface area (Å²) in [6.07, 6.45) is 1.97. The molecule has 0 saturated heterocycles. The normalized spacial score (nSPS) is 11.1. The average molecular weight is 306 g/mol. The first kappa shape index (κ1) is 13.0. The first-order valence-electron chi connectivity index (χ1n) is 7.05. The number of aryl methyl sites for hydroxylation is 1. The summed E-state index contributed by atoms with van der Waals surface area (Å²) in [5.41, 5.74) is 4.32. The molecule has 5 heteroatoms. The zero-order valence-electron chi connectivity index (χ0n) is 12.0. The van der Waals surface area contributed by atoms with Gasteiger partial charge in [-0.2, -0.15) is 5.10 Å². The van der Waals surface area contributed by atoms with Crippen LogP contribution in [0.1, 0.15) is 5.56 Å². The number of nitrogens with one attached hydrogen (secondary N) is 2. The third-order valence-corrected chi connectivity index (χ3v) is 4.04. The number of fused-ring (bicyclic) bond motifs is 1. The van der Waals surface area contributed by atoms with Crippen LogP contribution in [0.3, 0.4) is 0 Å². The van der Waals surface area contributed by atoms with Crippen molar-refractivity contribution in [3.8, 4) is 17.1 Å². The summed E-state index contributed by atoms with van der Waals surface area (Å²) in [6.45, 7) is 2.07. The van der Waals surface area contributed by atoms with Crippen LogP contribution < -0.4 is 0 Å². The van der Waals surface area contributed by atoms with Crippen LogP contribution in [0.15, 0.2) is 54.7 Å². The van der Waals surface area contributed by atoms with Gasteiger partial charge < -0.3 is 4.98 Å². The van der Waals surface area contributed by atoms with Gasteiger partial charge in [0.25, 0.3) is 0 Å². The molecule has 0 spiro atoms. The highest BCUT2D eigenvalue weighted by Crippen LogP contribution is 2.29. The molecule has 22 heavy (non-hydrogen) atoms. The number of hydrogen-bond acceptors (Lipinski definition) is 2. The van der Waals surface area contributed by atoms with E-state index >= 15 is 0 Å². The second-order valence-corrected chi connectivity index (χ2v) is 5.66. The first-order valence-corrected chi connectivity index (χ1v) is 7.46. The van der Waals surface area contributed by atoms with E-state index in [1.165, 1.54) is 5.56 Å². The molecule has 0 bridgehead atoms. The lowest BCUT2D eigenvalue weighted by molar-refractivity contribution is 1.03. The molecule has 0 radical (unpaired) electrons. The van der Waals surface area contributed by atoms with Crippen LogP contribution in [-0.2, 0) is 0 Å². The van der Waals surface area contributed by atoms with Gasteiger partial charge in [-0.3, -0.25) is 9.67 Å². The summed E-state index contributed by atoms with van der Waals surface area (Å²) in [6, 6.07) is 16.4. The number of para-hydroxylation sites is 1. The van der Waals surface area contributed by atoms with E-state index in [2.05, 4.69) is 46.4 Å². The van der Waals surface area contributed by atoms with Crippen LogP contribution in [0.5, 0.6) is 0 Å². The molecule has 0 fully saturated rings. The monoisotopic (exact) mass is 306 g/mol. The van der Waals surface area contributed by atoms with Gasteiger partial charge in [0, 0.05) is 22.7 Å². The SMILES string of the molecule is Cc1cccc(-n2c(-c3c[nH]c4ccccc34)n[nH]c2=S)c1. The van der Waals surface area contributed by atoms with Gasteiger partial charge in [0.1, 0.15) is 0 Å². The molecule has 0 unspecified atom stereocenters. The van der Waals surface area contributed by atoms with Crippen LogP contribution in [0.4, 0.5) is 0 Å². The maximum Gasteiger partial charge on any atom is 0.200 e. The standard InChI is InChI=1S/C17H14N4S/c1-11-5-4-6-12(9-11)21-16(19-20-17(21)22)14-10-18-15-8-3-2-7-13(14)15/h2-10,18H,1H3,(H,20,22). The molecule has 2 aromatic heterocycles. The molecule has 4 aromatic rings. The van der Waals surface area contributed by atoms with Crippen molar-refractivity contribution >= 4 is 23.1 Å². The Bertz CT molecular complexity index is 1020. The minimum Gasteiger partial charge on any atom is -0.360 e. The van der Waals surface area contributed by atoms with Gasteiger partial charge in [0.05, 0.1) is 5.69 Å². The van der Waals surface area contributed by atoms with Gasteiger partial charge in [-0.15, -0.1) is 0 Å². The van der Waals surface area contributed by atoms with E-state index in [1.807, 2.05) is 35.0 Å². The van der Waals surface area contributed by atoms with Crippen molar-refractivity contribution < 1.29 is 0 Å². The minimum atomic E-state index is 0.589. The van der Waals surface area contributed by atoms with Gasteiger partial charge in [0.2, 0.25) is 0 Å². The molecule has 0 aliphatic rings. The van der Waals surface area contributed by atoms with E-state index in [-0.39, 0.29) is 0 Å². The Kier molecular flexibility index (Phi) is 2.94. The molecule has 108 valence electrons. The predicted octanol–water partition coefficient (Wildman–Crippen LogP) is 4.39. The minimum absolute atomic E-state index is 0.589. The number of rotatable bonds is 2. The number of nitrogens with zero attached hydrogens (tertiary/aromatic N) is 2. The fraction of sp³-hybridized carbons (Fsp3) is 0.0588. The van der Waals surface area contributed by atoms with Crippen molar-refractivity contribution in [3.63, 3.8) is 0 Å². The second-order valence-electron chi connectivity index (χ2n) is 5.27. The van der Waals surface area contributed by atoms with Crippen LogP contribution in [0.2, 0.25) is 0 Å². The third kappa shape index (κ3) is 1.98. The first-order chi connectivity index (χ1) is 10.7. The van der Waals surface area contributed by atoms with E-state index in [4.69, 9.17) is 12.2 Å². The molecular weight excluding hydrogens is 292 g/mol. The van der Waals surface area contributed by atoms with Crippen molar-refractivity contribution in [1.29, 1.82) is 0 Å². The lowest BCUT2D eigenvalue weighted by Gasteiger charge is -2.07. The second kappa shape index (κ2) is 4.96. The van der Waals surface area contributed by atoms with Crippen molar-refractivity contribution in [2.24, 2.45) is 0 Å². The maximum absolute atomic E-state index is 5.43. The topological polar surface area (TPSA) is 49.4 Å². The molecule has 0 saturated carbocycles. The third-order valence-electron chi connectivity index (χ3n) is 3.76. The Balaban J connectivity index is 2.00. The summed E-state index contributed by atoms with van der Waals surface area (Å²) < 4.78 is 2.56. The van der Waals surface area contributed by atoms with Crippen LogP contribution in [0.25, 0.3) is 28.0 Å². The zero-order chi connectivity index (χ0) is 15.1. The van der Waals surface area contributed by atoms with Gasteiger partial charge in [-0.25, -0.2) is 0 Å². The lowest BCUT2D eigenvalue weighted by atomic mass is 10.1. The Morgan fingerprint density at radius 3 is 2.82 bits per heavy atom. The summed E-state index contributed by atoms with van der Waals surface area (Å²) in [4.78, 5) is 3.28. The molecular formula is C17H14N4S. The summed E-state index contributed by atoms with van der Waals surface area (Å²) in [7, 11) is 0. The summed E-state index contributed by atoms with van der Waals surface area (Å²) >= 11 is 5.43. The van der Waals surface area contributed by atoms with Crippen molar-refractivity contribution in [2.45, 2.75) is 6.92 Å². The molecule has 2 aromatic carbocycles. The van der Waals surface area contributed by atoms with Crippen LogP contribution in [-0.4, -0.2) is 19.7 Å². The highest BCUT2D eigenvalue weighted by atomic mass is 32.1. The quantitative estimate of drug-likeness (QED) is 0.540. The van der Waals surface area contributed by atoms with E-state index in [9.17, 15) is 0 Å². The molecule has 2 heterocycles. The fourth-order valence-electron chi connectivity index (χ4n) is 2.74. The maximum atomic E-state index is 5.43. The zero-order valence-corrected chi connectivity index (χ0v) is 12.8. The number of hydrogen-bond donors (Lipinski definition) is 2. The average Bonchev–Trinajstić information content (AvgIpc) is 3.10.